The normalized spacial score (nSPS) is 17.4. The third kappa shape index (κ3) is 4.06. The highest BCUT2D eigenvalue weighted by Gasteiger charge is 2.15. The summed E-state index contributed by atoms with van der Waals surface area (Å²) in [7, 11) is 0. The van der Waals surface area contributed by atoms with Gasteiger partial charge in [-0.2, -0.15) is 0 Å². The van der Waals surface area contributed by atoms with Gasteiger partial charge in [0.15, 0.2) is 0 Å². The van der Waals surface area contributed by atoms with Crippen LogP contribution >= 0.6 is 23.8 Å². The molecule has 0 spiro atoms. The minimum Gasteiger partial charge on any atom is -0.389 e. The summed E-state index contributed by atoms with van der Waals surface area (Å²) in [5.74, 6) is 0. The average Bonchev–Trinajstić information content (AvgIpc) is 2.83. The van der Waals surface area contributed by atoms with E-state index in [9.17, 15) is 0 Å². The molecule has 0 radical (unpaired) electrons. The predicted octanol–water partition coefficient (Wildman–Crippen LogP) is 2.87. The quantitative estimate of drug-likeness (QED) is 0.820. The Labute approximate surface area is 125 Å². The Bertz CT molecular complexity index is 458. The van der Waals surface area contributed by atoms with Gasteiger partial charge in [-0.15, -0.1) is 0 Å². The van der Waals surface area contributed by atoms with Crippen molar-refractivity contribution in [3.05, 3.63) is 28.8 Å². The number of nitrogens with one attached hydrogen (secondary N) is 1. The van der Waals surface area contributed by atoms with Crippen LogP contribution in [0.25, 0.3) is 0 Å². The van der Waals surface area contributed by atoms with Gasteiger partial charge >= 0.3 is 0 Å². The van der Waals surface area contributed by atoms with Crippen molar-refractivity contribution in [1.29, 1.82) is 0 Å². The first kappa shape index (κ1) is 14.6. The lowest BCUT2D eigenvalue weighted by Gasteiger charge is -2.23. The third-order valence-corrected chi connectivity index (χ3v) is 3.83. The van der Waals surface area contributed by atoms with Gasteiger partial charge in [0.2, 0.25) is 0 Å². The van der Waals surface area contributed by atoms with Gasteiger partial charge in [-0.25, -0.2) is 0 Å². The average molecular weight is 298 g/mol. The second kappa shape index (κ2) is 6.55. The summed E-state index contributed by atoms with van der Waals surface area (Å²) < 4.78 is 0. The van der Waals surface area contributed by atoms with Crippen molar-refractivity contribution in [3.8, 4) is 0 Å². The molecule has 2 rings (SSSR count). The van der Waals surface area contributed by atoms with Gasteiger partial charge in [0.05, 0.1) is 0 Å². The molecule has 0 saturated carbocycles. The number of halogens is 1. The van der Waals surface area contributed by atoms with Gasteiger partial charge in [0, 0.05) is 28.9 Å². The fourth-order valence-electron chi connectivity index (χ4n) is 2.51. The van der Waals surface area contributed by atoms with Crippen LogP contribution in [0.5, 0.6) is 0 Å². The topological polar surface area (TPSA) is 41.3 Å². The van der Waals surface area contributed by atoms with Crippen molar-refractivity contribution < 1.29 is 0 Å². The van der Waals surface area contributed by atoms with E-state index in [4.69, 9.17) is 29.6 Å². The molecular weight excluding hydrogens is 278 g/mol. The van der Waals surface area contributed by atoms with Crippen LogP contribution in [0.4, 0.5) is 5.69 Å². The molecule has 1 aromatic rings. The molecule has 1 heterocycles. The van der Waals surface area contributed by atoms with E-state index >= 15 is 0 Å². The summed E-state index contributed by atoms with van der Waals surface area (Å²) in [5, 5.41) is 4.13. The first-order chi connectivity index (χ1) is 9.06. The first-order valence-corrected chi connectivity index (χ1v) is 7.43. The summed E-state index contributed by atoms with van der Waals surface area (Å²) in [6, 6.07) is 5.97. The Morgan fingerprint density at radius 2 is 2.16 bits per heavy atom. The molecule has 19 heavy (non-hydrogen) atoms. The second-order valence-corrected chi connectivity index (χ2v) is 5.98. The number of nitrogens with zero attached hydrogens (tertiary/aromatic N) is 1. The highest BCUT2D eigenvalue weighted by molar-refractivity contribution is 7.80. The van der Waals surface area contributed by atoms with Gasteiger partial charge < -0.3 is 16.0 Å². The number of likely N-dealkylation sites (tertiary alicyclic amines) is 1. The molecule has 1 atom stereocenters. The molecule has 1 aromatic carbocycles. The number of rotatable bonds is 5. The highest BCUT2D eigenvalue weighted by Crippen LogP contribution is 2.21. The Hall–Kier alpha value is -0.840. The van der Waals surface area contributed by atoms with E-state index in [-0.39, 0.29) is 0 Å². The molecule has 1 aliphatic heterocycles. The van der Waals surface area contributed by atoms with E-state index in [1.54, 1.807) is 0 Å². The van der Waals surface area contributed by atoms with Gasteiger partial charge in [0.1, 0.15) is 4.99 Å². The van der Waals surface area contributed by atoms with Crippen molar-refractivity contribution in [2.24, 2.45) is 5.73 Å². The molecule has 0 bridgehead atoms. The lowest BCUT2D eigenvalue weighted by molar-refractivity contribution is 0.328. The van der Waals surface area contributed by atoms with Crippen LogP contribution in [0.2, 0.25) is 5.02 Å². The Morgan fingerprint density at radius 3 is 2.79 bits per heavy atom. The Kier molecular flexibility index (Phi) is 5.02. The van der Waals surface area contributed by atoms with Crippen LogP contribution < -0.4 is 11.1 Å². The zero-order valence-corrected chi connectivity index (χ0v) is 12.7. The largest absolute Gasteiger partial charge is 0.389 e. The maximum Gasteiger partial charge on any atom is 0.106 e. The first-order valence-electron chi connectivity index (χ1n) is 6.64. The third-order valence-electron chi connectivity index (χ3n) is 3.38. The molecule has 3 N–H and O–H groups in total. The zero-order valence-electron chi connectivity index (χ0n) is 11.2. The number of thiocarbonyl (C=S) groups is 1. The lowest BCUT2D eigenvalue weighted by Crippen LogP contribution is -2.33. The maximum absolute atomic E-state index is 5.98. The molecule has 1 aliphatic rings. The zero-order chi connectivity index (χ0) is 13.8. The van der Waals surface area contributed by atoms with Crippen LogP contribution in [0.15, 0.2) is 18.2 Å². The van der Waals surface area contributed by atoms with Crippen LogP contribution in [0, 0.1) is 0 Å². The van der Waals surface area contributed by atoms with Gasteiger partial charge in [-0.05, 0) is 51.1 Å². The fraction of sp³-hybridized carbons (Fsp3) is 0.500. The second-order valence-electron chi connectivity index (χ2n) is 5.11. The summed E-state index contributed by atoms with van der Waals surface area (Å²) in [5.41, 5.74) is 7.52. The van der Waals surface area contributed by atoms with E-state index in [2.05, 4.69) is 17.1 Å². The van der Waals surface area contributed by atoms with E-state index < -0.39 is 0 Å². The van der Waals surface area contributed by atoms with Crippen LogP contribution in [0.1, 0.15) is 25.3 Å². The molecule has 5 heteroatoms. The monoisotopic (exact) mass is 297 g/mol. The predicted molar refractivity (Wildman–Crippen MR) is 86.1 cm³/mol. The standard InChI is InChI=1S/C14H20ClN3S/c1-10(9-18-6-2-3-7-18)17-13-5-4-11(15)8-12(13)14(16)19/h4-5,8,10,17H,2-3,6-7,9H2,1H3,(H2,16,19). The Balaban J connectivity index is 2.03. The molecular formula is C14H20ClN3S. The van der Waals surface area contributed by atoms with Gasteiger partial charge in [-0.3, -0.25) is 0 Å². The smallest absolute Gasteiger partial charge is 0.106 e. The molecule has 0 aliphatic carbocycles. The maximum atomic E-state index is 5.98. The van der Waals surface area contributed by atoms with Crippen LogP contribution in [-0.4, -0.2) is 35.6 Å². The SMILES string of the molecule is CC(CN1CCCC1)Nc1ccc(Cl)cc1C(N)=S. The van der Waals surface area contributed by atoms with E-state index in [0.717, 1.165) is 17.8 Å². The number of benzene rings is 1. The van der Waals surface area contributed by atoms with Crippen molar-refractivity contribution in [2.75, 3.05) is 25.0 Å². The van der Waals surface area contributed by atoms with Crippen LogP contribution in [0.3, 0.4) is 0 Å². The van der Waals surface area contributed by atoms with Gasteiger partial charge in [0.25, 0.3) is 0 Å². The minimum atomic E-state index is 0.354. The molecule has 0 amide bonds. The van der Waals surface area contributed by atoms with Crippen molar-refractivity contribution in [3.63, 3.8) is 0 Å². The fourth-order valence-corrected chi connectivity index (χ4v) is 2.85. The summed E-state index contributed by atoms with van der Waals surface area (Å²) in [6.07, 6.45) is 2.62. The summed E-state index contributed by atoms with van der Waals surface area (Å²) in [6.45, 7) is 5.62. The number of anilines is 1. The lowest BCUT2D eigenvalue weighted by atomic mass is 10.1. The van der Waals surface area contributed by atoms with Crippen molar-refractivity contribution in [2.45, 2.75) is 25.8 Å². The molecule has 0 aromatic heterocycles. The number of nitrogens with two attached hydrogens (primary N) is 1. The molecule has 1 fully saturated rings. The van der Waals surface area contributed by atoms with Crippen molar-refractivity contribution >= 4 is 34.5 Å². The van der Waals surface area contributed by atoms with Gasteiger partial charge in [-0.1, -0.05) is 23.8 Å². The summed E-state index contributed by atoms with van der Waals surface area (Å²) >= 11 is 11.1. The molecule has 1 unspecified atom stereocenters. The minimum absolute atomic E-state index is 0.354. The molecule has 104 valence electrons. The summed E-state index contributed by atoms with van der Waals surface area (Å²) in [4.78, 5) is 2.85. The number of hydrogen-bond acceptors (Lipinski definition) is 3. The van der Waals surface area contributed by atoms with E-state index in [0.29, 0.717) is 16.1 Å². The Morgan fingerprint density at radius 1 is 1.47 bits per heavy atom. The van der Waals surface area contributed by atoms with E-state index in [1.807, 2.05) is 18.2 Å². The molecule has 1 saturated heterocycles. The number of hydrogen-bond donors (Lipinski definition) is 2. The van der Waals surface area contributed by atoms with Crippen molar-refractivity contribution in [1.82, 2.24) is 4.90 Å². The van der Waals surface area contributed by atoms with E-state index in [1.165, 1.54) is 25.9 Å². The highest BCUT2D eigenvalue weighted by atomic mass is 35.5. The van der Waals surface area contributed by atoms with Crippen LogP contribution in [-0.2, 0) is 0 Å². The molecule has 3 nitrogen and oxygen atoms in total.